The van der Waals surface area contributed by atoms with Gasteiger partial charge in [0.2, 0.25) is 0 Å². The van der Waals surface area contributed by atoms with Crippen molar-refractivity contribution in [2.75, 3.05) is 26.8 Å². The molecule has 0 aromatic carbocycles. The van der Waals surface area contributed by atoms with E-state index in [0.29, 0.717) is 0 Å². The third kappa shape index (κ3) is 18.4. The highest BCUT2D eigenvalue weighted by molar-refractivity contribution is 4.82. The molecule has 160 valence electrons. The minimum atomic E-state index is 0.205. The summed E-state index contributed by atoms with van der Waals surface area (Å²) in [5.41, 5.74) is 0. The Balaban J connectivity index is 3.90. The minimum Gasteiger partial charge on any atom is -0.396 e. The van der Waals surface area contributed by atoms with E-state index in [1.165, 1.54) is 0 Å². The summed E-state index contributed by atoms with van der Waals surface area (Å²) in [6.07, 6.45) is 18.2. The molecule has 0 aromatic rings. The standard InChI is InChI=1S/C22H42O5/c1-3-13-21(15-9-5-7-11-17-23)26-19-25-20-27-22(14-4-2)16-10-6-8-12-18-24/h5-8,21-24H,3-4,9-20H2,1-2H3/b7-5-,8-6-. The van der Waals surface area contributed by atoms with Gasteiger partial charge in [0.05, 0.1) is 12.2 Å². The maximum absolute atomic E-state index is 8.76. The third-order valence-electron chi connectivity index (χ3n) is 4.23. The van der Waals surface area contributed by atoms with Gasteiger partial charge in [0.1, 0.15) is 13.6 Å². The van der Waals surface area contributed by atoms with Gasteiger partial charge in [-0.3, -0.25) is 0 Å². The molecular formula is C22H42O5. The highest BCUT2D eigenvalue weighted by Crippen LogP contribution is 2.12. The number of rotatable bonds is 20. The first-order valence-corrected chi connectivity index (χ1v) is 10.6. The molecule has 2 unspecified atom stereocenters. The Labute approximate surface area is 166 Å². The Morgan fingerprint density at radius 1 is 0.630 bits per heavy atom. The molecule has 5 nitrogen and oxygen atoms in total. The molecule has 0 saturated heterocycles. The van der Waals surface area contributed by atoms with Crippen molar-refractivity contribution in [3.63, 3.8) is 0 Å². The Hall–Kier alpha value is -0.720. The molecule has 0 heterocycles. The molecule has 2 N–H and O–H groups in total. The van der Waals surface area contributed by atoms with Crippen molar-refractivity contribution in [3.8, 4) is 0 Å². The second-order valence-corrected chi connectivity index (χ2v) is 6.72. The van der Waals surface area contributed by atoms with Gasteiger partial charge in [0.25, 0.3) is 0 Å². The first kappa shape index (κ1) is 26.3. The summed E-state index contributed by atoms with van der Waals surface area (Å²) >= 11 is 0. The Morgan fingerprint density at radius 3 is 1.41 bits per heavy atom. The number of allylic oxidation sites excluding steroid dienone is 2. The molecule has 0 saturated carbocycles. The molecule has 0 bridgehead atoms. The van der Waals surface area contributed by atoms with E-state index in [1.54, 1.807) is 0 Å². The highest BCUT2D eigenvalue weighted by Gasteiger charge is 2.09. The third-order valence-corrected chi connectivity index (χ3v) is 4.23. The van der Waals surface area contributed by atoms with E-state index in [1.807, 2.05) is 12.2 Å². The van der Waals surface area contributed by atoms with Crippen molar-refractivity contribution in [2.45, 2.75) is 90.3 Å². The fourth-order valence-corrected chi connectivity index (χ4v) is 2.77. The van der Waals surface area contributed by atoms with Gasteiger partial charge in [-0.2, -0.15) is 0 Å². The van der Waals surface area contributed by atoms with Gasteiger partial charge in [0, 0.05) is 13.2 Å². The van der Waals surface area contributed by atoms with E-state index >= 15 is 0 Å². The summed E-state index contributed by atoms with van der Waals surface area (Å²) < 4.78 is 17.2. The van der Waals surface area contributed by atoms with Crippen molar-refractivity contribution in [3.05, 3.63) is 24.3 Å². The summed E-state index contributed by atoms with van der Waals surface area (Å²) in [5.74, 6) is 0. The SMILES string of the molecule is CCCC(CC/C=C\CCO)OCOCOC(CCC)CC/C=C\CCO. The van der Waals surface area contributed by atoms with Gasteiger partial charge < -0.3 is 24.4 Å². The van der Waals surface area contributed by atoms with Crippen LogP contribution in [-0.2, 0) is 14.2 Å². The average molecular weight is 387 g/mol. The molecule has 0 aliphatic carbocycles. The zero-order valence-corrected chi connectivity index (χ0v) is 17.5. The first-order valence-electron chi connectivity index (χ1n) is 10.6. The second kappa shape index (κ2) is 21.6. The summed E-state index contributed by atoms with van der Waals surface area (Å²) in [5, 5.41) is 17.5. The number of hydrogen-bond acceptors (Lipinski definition) is 5. The van der Waals surface area contributed by atoms with Crippen LogP contribution in [0, 0.1) is 0 Å². The van der Waals surface area contributed by atoms with E-state index in [4.69, 9.17) is 24.4 Å². The van der Waals surface area contributed by atoms with Crippen molar-refractivity contribution in [1.82, 2.24) is 0 Å². The van der Waals surface area contributed by atoms with Crippen LogP contribution in [0.4, 0.5) is 0 Å². The van der Waals surface area contributed by atoms with Crippen molar-refractivity contribution < 1.29 is 24.4 Å². The normalized spacial score (nSPS) is 14.4. The zero-order chi connectivity index (χ0) is 20.0. The van der Waals surface area contributed by atoms with Crippen LogP contribution in [0.1, 0.15) is 78.1 Å². The lowest BCUT2D eigenvalue weighted by atomic mass is 10.1. The van der Waals surface area contributed by atoms with Crippen LogP contribution in [0.2, 0.25) is 0 Å². The predicted molar refractivity (Wildman–Crippen MR) is 111 cm³/mol. The fraction of sp³-hybridized carbons (Fsp3) is 0.818. The van der Waals surface area contributed by atoms with E-state index < -0.39 is 0 Å². The number of hydrogen-bond donors (Lipinski definition) is 2. The molecule has 0 aromatic heterocycles. The summed E-state index contributed by atoms with van der Waals surface area (Å²) in [6.45, 7) is 5.26. The van der Waals surface area contributed by atoms with Crippen LogP contribution >= 0.6 is 0 Å². The maximum Gasteiger partial charge on any atom is 0.149 e. The lowest BCUT2D eigenvalue weighted by Gasteiger charge is -2.19. The van der Waals surface area contributed by atoms with Crippen LogP contribution in [0.5, 0.6) is 0 Å². The molecule has 0 aliphatic heterocycles. The van der Waals surface area contributed by atoms with Crippen LogP contribution in [-0.4, -0.2) is 49.2 Å². The van der Waals surface area contributed by atoms with Crippen LogP contribution in [0.25, 0.3) is 0 Å². The number of ether oxygens (including phenoxy) is 3. The molecule has 0 radical (unpaired) electrons. The largest absolute Gasteiger partial charge is 0.396 e. The van der Waals surface area contributed by atoms with Gasteiger partial charge in [-0.05, 0) is 51.4 Å². The molecular weight excluding hydrogens is 344 g/mol. The molecule has 0 amide bonds. The topological polar surface area (TPSA) is 68.2 Å². The summed E-state index contributed by atoms with van der Waals surface area (Å²) in [6, 6.07) is 0. The lowest BCUT2D eigenvalue weighted by molar-refractivity contribution is -0.167. The second-order valence-electron chi connectivity index (χ2n) is 6.72. The molecule has 27 heavy (non-hydrogen) atoms. The van der Waals surface area contributed by atoms with Crippen molar-refractivity contribution >= 4 is 0 Å². The quantitative estimate of drug-likeness (QED) is 0.180. The van der Waals surface area contributed by atoms with Crippen molar-refractivity contribution in [1.29, 1.82) is 0 Å². The van der Waals surface area contributed by atoms with Gasteiger partial charge in [0.15, 0.2) is 0 Å². The number of aliphatic hydroxyl groups excluding tert-OH is 2. The summed E-state index contributed by atoms with van der Waals surface area (Å²) in [7, 11) is 0. The monoisotopic (exact) mass is 386 g/mol. The van der Waals surface area contributed by atoms with Crippen LogP contribution in [0.3, 0.4) is 0 Å². The smallest absolute Gasteiger partial charge is 0.149 e. The molecule has 0 fully saturated rings. The average Bonchev–Trinajstić information content (AvgIpc) is 2.67. The highest BCUT2D eigenvalue weighted by atomic mass is 16.7. The molecule has 0 rings (SSSR count). The molecule has 0 aliphatic rings. The molecule has 0 spiro atoms. The van der Waals surface area contributed by atoms with Gasteiger partial charge in [-0.25, -0.2) is 0 Å². The lowest BCUT2D eigenvalue weighted by Crippen LogP contribution is -2.18. The number of aliphatic hydroxyl groups is 2. The minimum absolute atomic E-state index is 0.205. The van der Waals surface area contributed by atoms with E-state index in [2.05, 4.69) is 26.0 Å². The fourth-order valence-electron chi connectivity index (χ4n) is 2.77. The first-order chi connectivity index (χ1) is 13.3. The summed E-state index contributed by atoms with van der Waals surface area (Å²) in [4.78, 5) is 0. The Bertz CT molecular complexity index is 312. The van der Waals surface area contributed by atoms with Gasteiger partial charge >= 0.3 is 0 Å². The zero-order valence-electron chi connectivity index (χ0n) is 17.5. The van der Waals surface area contributed by atoms with E-state index in [9.17, 15) is 0 Å². The predicted octanol–water partition coefficient (Wildman–Crippen LogP) is 4.73. The van der Waals surface area contributed by atoms with Gasteiger partial charge in [-0.15, -0.1) is 0 Å². The molecule has 2 atom stereocenters. The Kier molecular flexibility index (Phi) is 21.0. The van der Waals surface area contributed by atoms with E-state index in [-0.39, 0.29) is 39.0 Å². The van der Waals surface area contributed by atoms with Crippen LogP contribution < -0.4 is 0 Å². The molecule has 5 heteroatoms. The maximum atomic E-state index is 8.76. The van der Waals surface area contributed by atoms with E-state index in [0.717, 1.165) is 64.2 Å². The van der Waals surface area contributed by atoms with Crippen LogP contribution in [0.15, 0.2) is 24.3 Å². The Morgan fingerprint density at radius 2 is 1.04 bits per heavy atom. The van der Waals surface area contributed by atoms with Crippen molar-refractivity contribution in [2.24, 2.45) is 0 Å². The van der Waals surface area contributed by atoms with Gasteiger partial charge in [-0.1, -0.05) is 51.0 Å².